The molecule has 21 heavy (non-hydrogen) atoms. The number of carbonyl (C=O) groups excluding carboxylic acids is 1. The van der Waals surface area contributed by atoms with E-state index in [1.807, 2.05) is 0 Å². The standard InChI is InChI=1S/C13H16Cl2N2O3S/c1-4-7-16-13(18)9(2)17(21(3,19)20)12-8-10(14)5-6-11(12)15/h4-6,8-9H,1,7H2,2-3H3,(H,16,18)/t9-/m1/s1. The van der Waals surface area contributed by atoms with E-state index in [1.165, 1.54) is 31.2 Å². The highest BCUT2D eigenvalue weighted by Gasteiger charge is 2.30. The van der Waals surface area contributed by atoms with Crippen LogP contribution in [0.3, 0.4) is 0 Å². The Hall–Kier alpha value is -1.24. The van der Waals surface area contributed by atoms with Crippen LogP contribution in [0.25, 0.3) is 0 Å². The van der Waals surface area contributed by atoms with Gasteiger partial charge in [-0.05, 0) is 25.1 Å². The van der Waals surface area contributed by atoms with Gasteiger partial charge in [-0.15, -0.1) is 6.58 Å². The van der Waals surface area contributed by atoms with Gasteiger partial charge < -0.3 is 5.32 Å². The summed E-state index contributed by atoms with van der Waals surface area (Å²) in [6.45, 7) is 5.19. The minimum Gasteiger partial charge on any atom is -0.351 e. The first-order valence-electron chi connectivity index (χ1n) is 6.01. The van der Waals surface area contributed by atoms with Crippen molar-refractivity contribution in [2.45, 2.75) is 13.0 Å². The Bertz CT molecular complexity index is 647. The van der Waals surface area contributed by atoms with E-state index in [9.17, 15) is 13.2 Å². The molecule has 8 heteroatoms. The second-order valence-electron chi connectivity index (χ2n) is 4.36. The van der Waals surface area contributed by atoms with Crippen LogP contribution in [0, 0.1) is 0 Å². The van der Waals surface area contributed by atoms with Gasteiger partial charge in [-0.2, -0.15) is 0 Å². The van der Waals surface area contributed by atoms with Gasteiger partial charge in [0.1, 0.15) is 6.04 Å². The molecule has 0 aromatic heterocycles. The fourth-order valence-electron chi connectivity index (χ4n) is 1.76. The molecule has 1 atom stereocenters. The van der Waals surface area contributed by atoms with Crippen LogP contribution in [-0.2, 0) is 14.8 Å². The van der Waals surface area contributed by atoms with Gasteiger partial charge in [-0.25, -0.2) is 8.42 Å². The van der Waals surface area contributed by atoms with Crippen LogP contribution in [0.2, 0.25) is 10.0 Å². The molecule has 0 fully saturated rings. The molecule has 116 valence electrons. The van der Waals surface area contributed by atoms with Gasteiger partial charge in [0.2, 0.25) is 15.9 Å². The average Bonchev–Trinajstić information content (AvgIpc) is 2.38. The third-order valence-electron chi connectivity index (χ3n) is 2.65. The van der Waals surface area contributed by atoms with E-state index >= 15 is 0 Å². The number of hydrogen-bond acceptors (Lipinski definition) is 3. The molecule has 0 saturated carbocycles. The minimum absolute atomic E-state index is 0.160. The van der Waals surface area contributed by atoms with Crippen LogP contribution in [-0.4, -0.2) is 33.2 Å². The van der Waals surface area contributed by atoms with E-state index in [1.54, 1.807) is 0 Å². The Labute approximate surface area is 134 Å². The Morgan fingerprint density at radius 2 is 2.10 bits per heavy atom. The average molecular weight is 351 g/mol. The Morgan fingerprint density at radius 1 is 1.48 bits per heavy atom. The lowest BCUT2D eigenvalue weighted by molar-refractivity contribution is -0.121. The summed E-state index contributed by atoms with van der Waals surface area (Å²) in [4.78, 5) is 12.0. The molecule has 0 unspecified atom stereocenters. The zero-order valence-corrected chi connectivity index (χ0v) is 14.0. The Balaban J connectivity index is 3.27. The SMILES string of the molecule is C=CCNC(=O)[C@@H](C)N(c1cc(Cl)ccc1Cl)S(C)(=O)=O. The van der Waals surface area contributed by atoms with Crippen LogP contribution >= 0.6 is 23.2 Å². The number of halogens is 2. The summed E-state index contributed by atoms with van der Waals surface area (Å²) in [6, 6.07) is 3.44. The second kappa shape index (κ2) is 7.15. The van der Waals surface area contributed by atoms with Crippen LogP contribution in [0.5, 0.6) is 0 Å². The first kappa shape index (κ1) is 17.8. The molecular formula is C13H16Cl2N2O3S. The van der Waals surface area contributed by atoms with Gasteiger partial charge >= 0.3 is 0 Å². The molecular weight excluding hydrogens is 335 g/mol. The van der Waals surface area contributed by atoms with Crippen LogP contribution in [0.15, 0.2) is 30.9 Å². The van der Waals surface area contributed by atoms with Gasteiger partial charge in [0.15, 0.2) is 0 Å². The first-order valence-corrected chi connectivity index (χ1v) is 8.62. The molecule has 0 aliphatic rings. The first-order chi connectivity index (χ1) is 9.68. The number of rotatable bonds is 6. The van der Waals surface area contributed by atoms with Crippen molar-refractivity contribution in [3.05, 3.63) is 40.9 Å². The molecule has 1 aromatic rings. The zero-order valence-electron chi connectivity index (χ0n) is 11.6. The van der Waals surface area contributed by atoms with Crippen molar-refractivity contribution in [3.63, 3.8) is 0 Å². The fraction of sp³-hybridized carbons (Fsp3) is 0.308. The number of anilines is 1. The maximum atomic E-state index is 12.0. The van der Waals surface area contributed by atoms with Crippen LogP contribution < -0.4 is 9.62 Å². The molecule has 0 aliphatic heterocycles. The van der Waals surface area contributed by atoms with E-state index in [0.29, 0.717) is 5.02 Å². The number of amides is 1. The molecule has 0 aliphatic carbocycles. The van der Waals surface area contributed by atoms with Gasteiger partial charge in [-0.1, -0.05) is 29.3 Å². The molecule has 0 radical (unpaired) electrons. The van der Waals surface area contributed by atoms with Crippen molar-refractivity contribution in [2.24, 2.45) is 0 Å². The summed E-state index contributed by atoms with van der Waals surface area (Å²) in [5, 5.41) is 3.06. The van der Waals surface area contributed by atoms with Gasteiger partial charge in [-0.3, -0.25) is 9.10 Å². The zero-order chi connectivity index (χ0) is 16.2. The largest absolute Gasteiger partial charge is 0.351 e. The highest BCUT2D eigenvalue weighted by atomic mass is 35.5. The molecule has 1 amide bonds. The lowest BCUT2D eigenvalue weighted by Gasteiger charge is -2.28. The van der Waals surface area contributed by atoms with Gasteiger partial charge in [0.25, 0.3) is 0 Å². The third kappa shape index (κ3) is 4.62. The molecule has 1 rings (SSSR count). The molecule has 0 bridgehead atoms. The van der Waals surface area contributed by atoms with E-state index in [2.05, 4.69) is 11.9 Å². The molecule has 0 spiro atoms. The number of benzene rings is 1. The molecule has 1 N–H and O–H groups in total. The number of nitrogens with zero attached hydrogens (tertiary/aromatic N) is 1. The maximum Gasteiger partial charge on any atom is 0.243 e. The van der Waals surface area contributed by atoms with E-state index in [4.69, 9.17) is 23.2 Å². The van der Waals surface area contributed by atoms with Crippen molar-refractivity contribution < 1.29 is 13.2 Å². The number of carbonyl (C=O) groups is 1. The second-order valence-corrected chi connectivity index (χ2v) is 7.07. The number of hydrogen-bond donors (Lipinski definition) is 1. The number of nitrogens with one attached hydrogen (secondary N) is 1. The number of sulfonamides is 1. The highest BCUT2D eigenvalue weighted by Crippen LogP contribution is 2.32. The monoisotopic (exact) mass is 350 g/mol. The maximum absolute atomic E-state index is 12.0. The minimum atomic E-state index is -3.72. The van der Waals surface area contributed by atoms with Crippen molar-refractivity contribution in [1.29, 1.82) is 0 Å². The quantitative estimate of drug-likeness (QED) is 0.801. The lowest BCUT2D eigenvalue weighted by Crippen LogP contribution is -2.48. The summed E-state index contributed by atoms with van der Waals surface area (Å²) in [7, 11) is -3.72. The van der Waals surface area contributed by atoms with Crippen LogP contribution in [0.1, 0.15) is 6.92 Å². The van der Waals surface area contributed by atoms with Crippen molar-refractivity contribution >= 4 is 44.8 Å². The van der Waals surface area contributed by atoms with E-state index in [0.717, 1.165) is 10.6 Å². The topological polar surface area (TPSA) is 66.5 Å². The predicted molar refractivity (Wildman–Crippen MR) is 86.5 cm³/mol. The fourth-order valence-corrected chi connectivity index (χ4v) is 3.36. The molecule has 5 nitrogen and oxygen atoms in total. The lowest BCUT2D eigenvalue weighted by atomic mass is 10.2. The third-order valence-corrected chi connectivity index (χ3v) is 4.44. The van der Waals surface area contributed by atoms with Crippen molar-refractivity contribution in [3.8, 4) is 0 Å². The van der Waals surface area contributed by atoms with Gasteiger partial charge in [0, 0.05) is 11.6 Å². The summed E-state index contributed by atoms with van der Waals surface area (Å²) >= 11 is 11.9. The van der Waals surface area contributed by atoms with Gasteiger partial charge in [0.05, 0.1) is 17.0 Å². The van der Waals surface area contributed by atoms with Crippen LogP contribution in [0.4, 0.5) is 5.69 Å². The molecule has 0 heterocycles. The summed E-state index contributed by atoms with van der Waals surface area (Å²) in [5.41, 5.74) is 0.160. The van der Waals surface area contributed by atoms with Crippen molar-refractivity contribution in [1.82, 2.24) is 5.32 Å². The smallest absolute Gasteiger partial charge is 0.243 e. The predicted octanol–water partition coefficient (Wildman–Crippen LogP) is 2.45. The highest BCUT2D eigenvalue weighted by molar-refractivity contribution is 7.92. The van der Waals surface area contributed by atoms with E-state index in [-0.39, 0.29) is 17.3 Å². The summed E-state index contributed by atoms with van der Waals surface area (Å²) < 4.78 is 25.0. The molecule has 0 saturated heterocycles. The Morgan fingerprint density at radius 3 is 2.62 bits per heavy atom. The van der Waals surface area contributed by atoms with E-state index < -0.39 is 22.0 Å². The normalized spacial score (nSPS) is 12.6. The Kier molecular flexibility index (Phi) is 6.07. The summed E-state index contributed by atoms with van der Waals surface area (Å²) in [5.74, 6) is -0.462. The summed E-state index contributed by atoms with van der Waals surface area (Å²) in [6.07, 6.45) is 2.50. The molecule has 1 aromatic carbocycles. The van der Waals surface area contributed by atoms with Crippen molar-refractivity contribution in [2.75, 3.05) is 17.1 Å².